The highest BCUT2D eigenvalue weighted by Gasteiger charge is 2.32. The van der Waals surface area contributed by atoms with E-state index in [2.05, 4.69) is 5.32 Å². The summed E-state index contributed by atoms with van der Waals surface area (Å²) in [5.74, 6) is -0.384. The van der Waals surface area contributed by atoms with Crippen LogP contribution in [0.25, 0.3) is 0 Å². The molecule has 0 aromatic heterocycles. The van der Waals surface area contributed by atoms with E-state index in [4.69, 9.17) is 16.3 Å². The molecule has 0 unspecified atom stereocenters. The van der Waals surface area contributed by atoms with Gasteiger partial charge in [0, 0.05) is 23.5 Å². The number of sulfonamides is 1. The molecule has 0 radical (unpaired) electrons. The summed E-state index contributed by atoms with van der Waals surface area (Å²) in [5.41, 5.74) is 0.914. The van der Waals surface area contributed by atoms with E-state index in [0.717, 1.165) is 9.20 Å². The SMILES string of the molecule is CCOc1ccc(N(CC(=O)N(Cc2ccccc2Cl)[C@H](C)C(=O)NC)S(=O)(=O)c2ccc(SC)cc2)cc1. The molecule has 3 aromatic carbocycles. The number of carbonyl (C=O) groups excluding carboxylic acids is 2. The maximum absolute atomic E-state index is 13.9. The Kier molecular flexibility index (Phi) is 10.7. The average molecular weight is 590 g/mol. The van der Waals surface area contributed by atoms with E-state index in [1.807, 2.05) is 13.2 Å². The first-order valence-electron chi connectivity index (χ1n) is 12.3. The van der Waals surface area contributed by atoms with Gasteiger partial charge in [-0.05, 0) is 80.3 Å². The molecule has 208 valence electrons. The predicted molar refractivity (Wildman–Crippen MR) is 156 cm³/mol. The molecule has 0 fully saturated rings. The molecule has 1 N–H and O–H groups in total. The van der Waals surface area contributed by atoms with Crippen LogP contribution >= 0.6 is 23.4 Å². The first kappa shape index (κ1) is 30.3. The Balaban J connectivity index is 2.04. The Morgan fingerprint density at radius 1 is 1.03 bits per heavy atom. The summed E-state index contributed by atoms with van der Waals surface area (Å²) in [6, 6.07) is 19.1. The molecule has 39 heavy (non-hydrogen) atoms. The van der Waals surface area contributed by atoms with E-state index in [1.54, 1.807) is 67.6 Å². The van der Waals surface area contributed by atoms with Gasteiger partial charge in [-0.2, -0.15) is 0 Å². The van der Waals surface area contributed by atoms with Crippen LogP contribution in [0.1, 0.15) is 19.4 Å². The Hall–Kier alpha value is -3.21. The highest BCUT2D eigenvalue weighted by Crippen LogP contribution is 2.28. The van der Waals surface area contributed by atoms with E-state index >= 15 is 0 Å². The molecule has 3 rings (SSSR count). The molecule has 2 amide bonds. The number of thioether (sulfide) groups is 1. The summed E-state index contributed by atoms with van der Waals surface area (Å²) in [6.07, 6.45) is 1.90. The van der Waals surface area contributed by atoms with Gasteiger partial charge < -0.3 is 15.0 Å². The summed E-state index contributed by atoms with van der Waals surface area (Å²) in [5, 5.41) is 2.99. The highest BCUT2D eigenvalue weighted by atomic mass is 35.5. The summed E-state index contributed by atoms with van der Waals surface area (Å²) in [7, 11) is -2.68. The topological polar surface area (TPSA) is 96.0 Å². The van der Waals surface area contributed by atoms with Gasteiger partial charge in [-0.1, -0.05) is 29.8 Å². The molecular formula is C28H32ClN3O5S2. The number of hydrogen-bond acceptors (Lipinski definition) is 6. The molecule has 0 saturated carbocycles. The lowest BCUT2D eigenvalue weighted by Crippen LogP contribution is -2.50. The smallest absolute Gasteiger partial charge is 0.264 e. The zero-order valence-corrected chi connectivity index (χ0v) is 24.6. The molecule has 0 aliphatic heterocycles. The van der Waals surface area contributed by atoms with Crippen molar-refractivity contribution < 1.29 is 22.7 Å². The van der Waals surface area contributed by atoms with Gasteiger partial charge in [0.25, 0.3) is 10.0 Å². The highest BCUT2D eigenvalue weighted by molar-refractivity contribution is 7.98. The molecule has 0 aliphatic carbocycles. The molecule has 0 bridgehead atoms. The Morgan fingerprint density at radius 3 is 2.23 bits per heavy atom. The van der Waals surface area contributed by atoms with Crippen LogP contribution in [0.15, 0.2) is 82.6 Å². The number of halogens is 1. The minimum Gasteiger partial charge on any atom is -0.494 e. The second-order valence-corrected chi connectivity index (χ2v) is 11.7. The molecule has 1 atom stereocenters. The first-order chi connectivity index (χ1) is 18.6. The minimum absolute atomic E-state index is 0.0205. The lowest BCUT2D eigenvalue weighted by Gasteiger charge is -2.32. The van der Waals surface area contributed by atoms with Gasteiger partial charge in [0.15, 0.2) is 0 Å². The van der Waals surface area contributed by atoms with Crippen molar-refractivity contribution in [2.24, 2.45) is 0 Å². The number of carbonyl (C=O) groups is 2. The maximum Gasteiger partial charge on any atom is 0.264 e. The first-order valence-corrected chi connectivity index (χ1v) is 15.3. The van der Waals surface area contributed by atoms with E-state index in [9.17, 15) is 18.0 Å². The predicted octanol–water partition coefficient (Wildman–Crippen LogP) is 4.82. The van der Waals surface area contributed by atoms with Crippen LogP contribution in [0.5, 0.6) is 5.75 Å². The second kappa shape index (κ2) is 13.7. The lowest BCUT2D eigenvalue weighted by molar-refractivity contribution is -0.139. The van der Waals surface area contributed by atoms with Crippen molar-refractivity contribution in [2.75, 3.05) is 30.8 Å². The summed E-state index contributed by atoms with van der Waals surface area (Å²) in [4.78, 5) is 28.7. The number of rotatable bonds is 12. The van der Waals surface area contributed by atoms with Crippen molar-refractivity contribution >= 4 is 50.9 Å². The normalized spacial score (nSPS) is 11.9. The van der Waals surface area contributed by atoms with E-state index < -0.39 is 34.4 Å². The van der Waals surface area contributed by atoms with Crippen molar-refractivity contribution in [2.45, 2.75) is 36.2 Å². The summed E-state index contributed by atoms with van der Waals surface area (Å²) >= 11 is 7.84. The number of nitrogens with zero attached hydrogens (tertiary/aromatic N) is 2. The van der Waals surface area contributed by atoms with Gasteiger partial charge in [-0.3, -0.25) is 13.9 Å². The number of ether oxygens (including phenoxy) is 1. The molecule has 0 aliphatic rings. The molecule has 3 aromatic rings. The Labute approximate surface area is 239 Å². The van der Waals surface area contributed by atoms with E-state index in [1.165, 1.54) is 35.8 Å². The number of likely N-dealkylation sites (N-methyl/N-ethyl adjacent to an activating group) is 1. The second-order valence-electron chi connectivity index (χ2n) is 8.52. The number of hydrogen-bond donors (Lipinski definition) is 1. The van der Waals surface area contributed by atoms with E-state index in [0.29, 0.717) is 22.9 Å². The van der Waals surface area contributed by atoms with Crippen LogP contribution in [-0.4, -0.2) is 57.6 Å². The van der Waals surface area contributed by atoms with Crippen LogP contribution in [0, 0.1) is 0 Å². The average Bonchev–Trinajstić information content (AvgIpc) is 2.95. The van der Waals surface area contributed by atoms with Crippen molar-refractivity contribution in [1.29, 1.82) is 0 Å². The molecule has 0 heterocycles. The standard InChI is InChI=1S/C28H32ClN3O5S2/c1-5-37-23-12-10-22(11-13-23)32(39(35,36)25-16-14-24(38-4)15-17-25)19-27(33)31(20(2)28(34)30-3)18-21-8-6-7-9-26(21)29/h6-17,20H,5,18-19H2,1-4H3,(H,30,34)/t20-/m1/s1. The van der Waals surface area contributed by atoms with Gasteiger partial charge in [-0.15, -0.1) is 11.8 Å². The van der Waals surface area contributed by atoms with Crippen LogP contribution in [0.4, 0.5) is 5.69 Å². The third-order valence-corrected chi connectivity index (χ3v) is 8.97. The fourth-order valence-electron chi connectivity index (χ4n) is 3.88. The molecular weight excluding hydrogens is 558 g/mol. The van der Waals surface area contributed by atoms with Gasteiger partial charge >= 0.3 is 0 Å². The monoisotopic (exact) mass is 589 g/mol. The maximum atomic E-state index is 13.9. The number of benzene rings is 3. The third kappa shape index (κ3) is 7.46. The molecule has 8 nitrogen and oxygen atoms in total. The van der Waals surface area contributed by atoms with Crippen molar-refractivity contribution in [3.05, 3.63) is 83.4 Å². The molecule has 0 spiro atoms. The largest absolute Gasteiger partial charge is 0.494 e. The van der Waals surface area contributed by atoms with Gasteiger partial charge in [0.05, 0.1) is 17.2 Å². The van der Waals surface area contributed by atoms with Crippen LogP contribution < -0.4 is 14.4 Å². The number of amides is 2. The van der Waals surface area contributed by atoms with Crippen molar-refractivity contribution in [3.8, 4) is 5.75 Å². The van der Waals surface area contributed by atoms with Crippen LogP contribution in [-0.2, 0) is 26.2 Å². The number of anilines is 1. The van der Waals surface area contributed by atoms with Crippen molar-refractivity contribution in [1.82, 2.24) is 10.2 Å². The molecule has 0 saturated heterocycles. The zero-order chi connectivity index (χ0) is 28.6. The molecule has 11 heteroatoms. The number of nitrogens with one attached hydrogen (secondary N) is 1. The third-order valence-electron chi connectivity index (χ3n) is 6.07. The van der Waals surface area contributed by atoms with Crippen LogP contribution in [0.2, 0.25) is 5.02 Å². The minimum atomic E-state index is -4.16. The quantitative estimate of drug-likeness (QED) is 0.304. The van der Waals surface area contributed by atoms with Crippen molar-refractivity contribution in [3.63, 3.8) is 0 Å². The van der Waals surface area contributed by atoms with Crippen LogP contribution in [0.3, 0.4) is 0 Å². The van der Waals surface area contributed by atoms with Gasteiger partial charge in [-0.25, -0.2) is 8.42 Å². The fourth-order valence-corrected chi connectivity index (χ4v) is 5.90. The zero-order valence-electron chi connectivity index (χ0n) is 22.3. The Bertz CT molecular complexity index is 1380. The summed E-state index contributed by atoms with van der Waals surface area (Å²) in [6.45, 7) is 3.38. The Morgan fingerprint density at radius 2 is 1.67 bits per heavy atom. The van der Waals surface area contributed by atoms with Gasteiger partial charge in [0.2, 0.25) is 11.8 Å². The fraction of sp³-hybridized carbons (Fsp3) is 0.286. The van der Waals surface area contributed by atoms with E-state index in [-0.39, 0.29) is 17.1 Å². The lowest BCUT2D eigenvalue weighted by atomic mass is 10.1. The van der Waals surface area contributed by atoms with Gasteiger partial charge in [0.1, 0.15) is 18.3 Å². The summed E-state index contributed by atoms with van der Waals surface area (Å²) < 4.78 is 34.3.